The predicted molar refractivity (Wildman–Crippen MR) is 64.1 cm³/mol. The Labute approximate surface area is 103 Å². The molecule has 2 N–H and O–H groups in total. The van der Waals surface area contributed by atoms with Crippen molar-refractivity contribution in [1.82, 2.24) is 0 Å². The van der Waals surface area contributed by atoms with Crippen LogP contribution in [0.3, 0.4) is 0 Å². The number of aliphatic carboxylic acids is 2. The Kier molecular flexibility index (Phi) is 4.72. The van der Waals surface area contributed by atoms with Crippen molar-refractivity contribution >= 4 is 29.6 Å². The van der Waals surface area contributed by atoms with Gasteiger partial charge in [0.05, 0.1) is 12.8 Å². The fourth-order valence-corrected chi connectivity index (χ4v) is 1.53. The Bertz CT molecular complexity index is 466. The first-order valence-electron chi connectivity index (χ1n) is 4.87. The minimum absolute atomic E-state index is 0.102. The largest absolute Gasteiger partial charge is 0.481 e. The van der Waals surface area contributed by atoms with Gasteiger partial charge in [0.1, 0.15) is 0 Å². The molecular weight excluding hydrogens is 244 g/mol. The normalized spacial score (nSPS) is 10.6. The lowest BCUT2D eigenvalue weighted by Gasteiger charge is -2.03. The third-order valence-corrected chi connectivity index (χ3v) is 2.27. The molecule has 90 valence electrons. The van der Waals surface area contributed by atoms with E-state index in [0.717, 1.165) is 0 Å². The molecule has 0 aliphatic carbocycles. The van der Waals surface area contributed by atoms with E-state index in [1.54, 1.807) is 24.3 Å². The SMILES string of the molecule is O=C(O)CC=Cc1ccc(Cl)cc1CC(=O)O. The van der Waals surface area contributed by atoms with Gasteiger partial charge >= 0.3 is 11.9 Å². The van der Waals surface area contributed by atoms with E-state index in [2.05, 4.69) is 0 Å². The molecule has 0 fully saturated rings. The van der Waals surface area contributed by atoms with E-state index >= 15 is 0 Å². The van der Waals surface area contributed by atoms with Crippen LogP contribution in [0, 0.1) is 0 Å². The second-order valence-corrected chi connectivity index (χ2v) is 3.85. The summed E-state index contributed by atoms with van der Waals surface area (Å²) in [5, 5.41) is 17.7. The van der Waals surface area contributed by atoms with Gasteiger partial charge in [0.2, 0.25) is 0 Å². The van der Waals surface area contributed by atoms with Gasteiger partial charge in [-0.15, -0.1) is 0 Å². The summed E-state index contributed by atoms with van der Waals surface area (Å²) < 4.78 is 0. The summed E-state index contributed by atoms with van der Waals surface area (Å²) in [7, 11) is 0. The molecule has 0 saturated heterocycles. The molecule has 0 saturated carbocycles. The molecule has 1 rings (SSSR count). The summed E-state index contributed by atoms with van der Waals surface area (Å²) in [6, 6.07) is 4.86. The van der Waals surface area contributed by atoms with Crippen LogP contribution in [0.2, 0.25) is 5.02 Å². The first kappa shape index (κ1) is 13.3. The van der Waals surface area contributed by atoms with Gasteiger partial charge in [-0.2, -0.15) is 0 Å². The molecule has 1 aromatic rings. The fraction of sp³-hybridized carbons (Fsp3) is 0.167. The van der Waals surface area contributed by atoms with Gasteiger partial charge in [0.25, 0.3) is 0 Å². The molecule has 0 bridgehead atoms. The second-order valence-electron chi connectivity index (χ2n) is 3.41. The van der Waals surface area contributed by atoms with Crippen molar-refractivity contribution in [3.8, 4) is 0 Å². The Morgan fingerprint density at radius 2 is 1.94 bits per heavy atom. The molecule has 0 aliphatic heterocycles. The number of hydrogen-bond donors (Lipinski definition) is 2. The number of carboxylic acid groups (broad SMARTS) is 2. The van der Waals surface area contributed by atoms with Gasteiger partial charge < -0.3 is 10.2 Å². The van der Waals surface area contributed by atoms with E-state index in [-0.39, 0.29) is 12.8 Å². The lowest BCUT2D eigenvalue weighted by Crippen LogP contribution is -2.01. The highest BCUT2D eigenvalue weighted by molar-refractivity contribution is 6.30. The van der Waals surface area contributed by atoms with Gasteiger partial charge in [-0.3, -0.25) is 9.59 Å². The number of hydrogen-bond acceptors (Lipinski definition) is 2. The maximum absolute atomic E-state index is 10.7. The van der Waals surface area contributed by atoms with Crippen LogP contribution in [0.25, 0.3) is 6.08 Å². The first-order chi connectivity index (χ1) is 7.99. The molecule has 4 nitrogen and oxygen atoms in total. The number of halogens is 1. The Morgan fingerprint density at radius 3 is 2.53 bits per heavy atom. The molecule has 0 unspecified atom stereocenters. The van der Waals surface area contributed by atoms with Crippen LogP contribution in [-0.2, 0) is 16.0 Å². The van der Waals surface area contributed by atoms with Crippen LogP contribution < -0.4 is 0 Å². The summed E-state index contributed by atoms with van der Waals surface area (Å²) >= 11 is 5.77. The predicted octanol–water partition coefficient (Wildman–Crippen LogP) is 2.46. The molecule has 17 heavy (non-hydrogen) atoms. The standard InChI is InChI=1S/C12H11ClO4/c13-10-5-4-8(2-1-3-11(14)15)9(6-10)7-12(16)17/h1-2,4-6H,3,7H2,(H,14,15)(H,16,17). The van der Waals surface area contributed by atoms with Gasteiger partial charge in [-0.1, -0.05) is 29.8 Å². The molecule has 0 heterocycles. The lowest BCUT2D eigenvalue weighted by atomic mass is 10.0. The molecule has 0 amide bonds. The summed E-state index contributed by atoms with van der Waals surface area (Å²) in [5.41, 5.74) is 1.23. The third kappa shape index (κ3) is 4.70. The molecule has 0 aliphatic rings. The third-order valence-electron chi connectivity index (χ3n) is 2.04. The summed E-state index contributed by atoms with van der Waals surface area (Å²) in [4.78, 5) is 21.0. The smallest absolute Gasteiger partial charge is 0.307 e. The fourth-order valence-electron chi connectivity index (χ4n) is 1.34. The second kappa shape index (κ2) is 6.06. The average molecular weight is 255 g/mol. The Balaban J connectivity index is 2.93. The van der Waals surface area contributed by atoms with Crippen molar-refractivity contribution in [3.63, 3.8) is 0 Å². The van der Waals surface area contributed by atoms with Gasteiger partial charge in [-0.05, 0) is 23.3 Å². The molecule has 0 aromatic heterocycles. The zero-order valence-corrected chi connectivity index (χ0v) is 9.65. The van der Waals surface area contributed by atoms with Crippen LogP contribution in [0.5, 0.6) is 0 Å². The quantitative estimate of drug-likeness (QED) is 0.846. The van der Waals surface area contributed by atoms with Crippen LogP contribution in [-0.4, -0.2) is 22.2 Å². The van der Waals surface area contributed by atoms with Crippen LogP contribution in [0.1, 0.15) is 17.5 Å². The zero-order chi connectivity index (χ0) is 12.8. The van der Waals surface area contributed by atoms with Crippen molar-refractivity contribution in [2.75, 3.05) is 0 Å². The van der Waals surface area contributed by atoms with E-state index in [0.29, 0.717) is 16.1 Å². The van der Waals surface area contributed by atoms with E-state index in [1.807, 2.05) is 0 Å². The highest BCUT2D eigenvalue weighted by Gasteiger charge is 2.05. The Hall–Kier alpha value is -1.81. The first-order valence-corrected chi connectivity index (χ1v) is 5.25. The number of benzene rings is 1. The van der Waals surface area contributed by atoms with Crippen molar-refractivity contribution in [2.24, 2.45) is 0 Å². The molecule has 5 heteroatoms. The van der Waals surface area contributed by atoms with Gasteiger partial charge in [0.15, 0.2) is 0 Å². The van der Waals surface area contributed by atoms with E-state index in [1.165, 1.54) is 6.08 Å². The summed E-state index contributed by atoms with van der Waals surface area (Å²) in [6.45, 7) is 0. The number of carboxylic acids is 2. The van der Waals surface area contributed by atoms with Crippen molar-refractivity contribution in [3.05, 3.63) is 40.4 Å². The zero-order valence-electron chi connectivity index (χ0n) is 8.89. The van der Waals surface area contributed by atoms with Crippen LogP contribution >= 0.6 is 11.6 Å². The topological polar surface area (TPSA) is 74.6 Å². The highest BCUT2D eigenvalue weighted by atomic mass is 35.5. The molecule has 1 aromatic carbocycles. The van der Waals surface area contributed by atoms with Crippen molar-refractivity contribution in [2.45, 2.75) is 12.8 Å². The summed E-state index contributed by atoms with van der Waals surface area (Å²) in [6.07, 6.45) is 2.81. The summed E-state index contributed by atoms with van der Waals surface area (Å²) in [5.74, 6) is -1.89. The molecule has 0 spiro atoms. The van der Waals surface area contributed by atoms with Crippen molar-refractivity contribution in [1.29, 1.82) is 0 Å². The number of carbonyl (C=O) groups is 2. The minimum atomic E-state index is -0.958. The van der Waals surface area contributed by atoms with Gasteiger partial charge in [0, 0.05) is 5.02 Å². The Morgan fingerprint density at radius 1 is 1.24 bits per heavy atom. The molecular formula is C12H11ClO4. The van der Waals surface area contributed by atoms with Crippen LogP contribution in [0.4, 0.5) is 0 Å². The maximum Gasteiger partial charge on any atom is 0.307 e. The molecule has 0 atom stereocenters. The van der Waals surface area contributed by atoms with Gasteiger partial charge in [-0.25, -0.2) is 0 Å². The average Bonchev–Trinajstić information content (AvgIpc) is 2.20. The van der Waals surface area contributed by atoms with E-state index in [9.17, 15) is 9.59 Å². The maximum atomic E-state index is 10.7. The minimum Gasteiger partial charge on any atom is -0.481 e. The van der Waals surface area contributed by atoms with Crippen LogP contribution in [0.15, 0.2) is 24.3 Å². The van der Waals surface area contributed by atoms with E-state index in [4.69, 9.17) is 21.8 Å². The van der Waals surface area contributed by atoms with Crippen molar-refractivity contribution < 1.29 is 19.8 Å². The monoisotopic (exact) mass is 254 g/mol. The number of rotatable bonds is 5. The van der Waals surface area contributed by atoms with E-state index < -0.39 is 11.9 Å². The highest BCUT2D eigenvalue weighted by Crippen LogP contribution is 2.18. The molecule has 0 radical (unpaired) electrons. The lowest BCUT2D eigenvalue weighted by molar-refractivity contribution is -0.137.